The smallest absolute Gasteiger partial charge is 0.305 e. The molecule has 0 fully saturated rings. The van der Waals surface area contributed by atoms with E-state index in [1.165, 1.54) is 0 Å². The van der Waals surface area contributed by atoms with Crippen molar-refractivity contribution >= 4 is 77.0 Å². The Labute approximate surface area is 167 Å². The first-order chi connectivity index (χ1) is 10.9. The van der Waals surface area contributed by atoms with Gasteiger partial charge in [0.1, 0.15) is 6.29 Å². The lowest BCUT2D eigenvalue weighted by Crippen LogP contribution is -2.06. The predicted molar refractivity (Wildman–Crippen MR) is 122 cm³/mol. The second-order valence-corrected chi connectivity index (χ2v) is 11.5. The standard InChI is InChI=1S/C8H14O3.3C2H6S2/c1-3-11-8(10)5-4-7(2)6-9;3*1-3-4-2/h6-7H,3-5H2,1-2H3;3*1-2H3. The van der Waals surface area contributed by atoms with Crippen LogP contribution in [0, 0.1) is 5.92 Å². The molecule has 1 atom stereocenters. The summed E-state index contributed by atoms with van der Waals surface area (Å²) in [6.07, 6.45) is 14.1. The van der Waals surface area contributed by atoms with E-state index in [-0.39, 0.29) is 11.9 Å². The largest absolute Gasteiger partial charge is 0.466 e. The molecule has 0 aliphatic rings. The maximum atomic E-state index is 10.7. The molecule has 142 valence electrons. The Bertz CT molecular complexity index is 205. The molecule has 1 unspecified atom stereocenters. The lowest BCUT2D eigenvalue weighted by atomic mass is 10.1. The van der Waals surface area contributed by atoms with E-state index in [0.717, 1.165) is 6.29 Å². The third kappa shape index (κ3) is 51.7. The molecule has 9 heteroatoms. The van der Waals surface area contributed by atoms with Gasteiger partial charge >= 0.3 is 5.97 Å². The fraction of sp³-hybridized carbons (Fsp3) is 0.857. The summed E-state index contributed by atoms with van der Waals surface area (Å²) < 4.78 is 4.68. The van der Waals surface area contributed by atoms with E-state index in [4.69, 9.17) is 0 Å². The average Bonchev–Trinajstić information content (AvgIpc) is 2.60. The van der Waals surface area contributed by atoms with Crippen molar-refractivity contribution in [2.45, 2.75) is 26.7 Å². The molecule has 23 heavy (non-hydrogen) atoms. The van der Waals surface area contributed by atoms with Crippen molar-refractivity contribution in [2.24, 2.45) is 5.92 Å². The number of ether oxygens (including phenoxy) is 1. The van der Waals surface area contributed by atoms with Crippen LogP contribution in [0.4, 0.5) is 0 Å². The van der Waals surface area contributed by atoms with Crippen LogP contribution < -0.4 is 0 Å². The van der Waals surface area contributed by atoms with Crippen molar-refractivity contribution in [3.63, 3.8) is 0 Å². The monoisotopic (exact) mass is 440 g/mol. The van der Waals surface area contributed by atoms with E-state index in [9.17, 15) is 9.59 Å². The van der Waals surface area contributed by atoms with Gasteiger partial charge in [-0.25, -0.2) is 0 Å². The van der Waals surface area contributed by atoms with Crippen LogP contribution in [0.1, 0.15) is 26.7 Å². The zero-order chi connectivity index (χ0) is 18.9. The average molecular weight is 441 g/mol. The zero-order valence-electron chi connectivity index (χ0n) is 15.5. The SMILES string of the molecule is CCOC(=O)CCC(C)C=O.CSSC.CSSC.CSSC. The minimum Gasteiger partial charge on any atom is -0.466 e. The number of hydrogen-bond donors (Lipinski definition) is 0. The van der Waals surface area contributed by atoms with Crippen LogP contribution in [0.2, 0.25) is 0 Å². The number of aldehydes is 1. The van der Waals surface area contributed by atoms with Gasteiger partial charge in [0.05, 0.1) is 6.61 Å². The molecule has 0 radical (unpaired) electrons. The minimum atomic E-state index is -0.221. The fourth-order valence-electron chi connectivity index (χ4n) is 0.647. The van der Waals surface area contributed by atoms with Crippen molar-refractivity contribution in [3.05, 3.63) is 0 Å². The number of esters is 1. The lowest BCUT2D eigenvalue weighted by Gasteiger charge is -2.02. The van der Waals surface area contributed by atoms with Crippen LogP contribution in [-0.4, -0.2) is 56.4 Å². The first kappa shape index (κ1) is 32.0. The molecule has 0 amide bonds. The van der Waals surface area contributed by atoms with E-state index in [1.54, 1.807) is 78.6 Å². The van der Waals surface area contributed by atoms with Crippen LogP contribution in [0.5, 0.6) is 0 Å². The number of carbonyl (C=O) groups excluding carboxylic acids is 2. The molecular formula is C14H32O3S6. The quantitative estimate of drug-likeness (QED) is 0.255. The summed E-state index contributed by atoms with van der Waals surface area (Å²) in [6.45, 7) is 3.96. The highest BCUT2D eigenvalue weighted by Crippen LogP contribution is 2.09. The Morgan fingerprint density at radius 2 is 1.26 bits per heavy atom. The molecule has 3 nitrogen and oxygen atoms in total. The van der Waals surface area contributed by atoms with Crippen molar-refractivity contribution in [3.8, 4) is 0 Å². The van der Waals surface area contributed by atoms with Gasteiger partial charge in [-0.15, -0.1) is 0 Å². The van der Waals surface area contributed by atoms with Crippen molar-refractivity contribution < 1.29 is 14.3 Å². The zero-order valence-corrected chi connectivity index (χ0v) is 20.3. The van der Waals surface area contributed by atoms with Crippen molar-refractivity contribution in [1.82, 2.24) is 0 Å². The summed E-state index contributed by atoms with van der Waals surface area (Å²) in [5, 5.41) is 0. The van der Waals surface area contributed by atoms with Crippen molar-refractivity contribution in [1.29, 1.82) is 0 Å². The van der Waals surface area contributed by atoms with Gasteiger partial charge in [-0.2, -0.15) is 0 Å². The van der Waals surface area contributed by atoms with Gasteiger partial charge in [-0.05, 0) is 50.9 Å². The molecule has 0 heterocycles. The third-order valence-corrected chi connectivity index (χ3v) is 5.84. The molecule has 0 aromatic carbocycles. The number of rotatable bonds is 8. The summed E-state index contributed by atoms with van der Waals surface area (Å²) in [5.74, 6) is -0.263. The summed E-state index contributed by atoms with van der Waals surface area (Å²) >= 11 is 0. The minimum absolute atomic E-state index is 0.0422. The number of carbonyl (C=O) groups is 2. The normalized spacial score (nSPS) is 9.74. The second-order valence-electron chi connectivity index (χ2n) is 3.46. The summed E-state index contributed by atoms with van der Waals surface area (Å²) in [6, 6.07) is 0. The molecule has 0 saturated heterocycles. The molecular weight excluding hydrogens is 409 g/mol. The van der Waals surface area contributed by atoms with E-state index in [0.29, 0.717) is 19.4 Å². The first-order valence-electron chi connectivity index (χ1n) is 6.76. The first-order valence-corrected chi connectivity index (χ1v) is 15.7. The summed E-state index contributed by atoms with van der Waals surface area (Å²) in [7, 11) is 10.6. The Hall–Kier alpha value is 1.24. The maximum absolute atomic E-state index is 10.7. The van der Waals surface area contributed by atoms with Gasteiger partial charge in [-0.1, -0.05) is 71.7 Å². The fourth-order valence-corrected chi connectivity index (χ4v) is 0.647. The highest BCUT2D eigenvalue weighted by atomic mass is 33.1. The molecule has 0 bridgehead atoms. The van der Waals surface area contributed by atoms with Crippen LogP contribution in [0.3, 0.4) is 0 Å². The van der Waals surface area contributed by atoms with Gasteiger partial charge in [0.2, 0.25) is 0 Å². The van der Waals surface area contributed by atoms with E-state index < -0.39 is 0 Å². The Morgan fingerprint density at radius 3 is 1.48 bits per heavy atom. The molecule has 0 aliphatic carbocycles. The highest BCUT2D eigenvalue weighted by molar-refractivity contribution is 8.76. The van der Waals surface area contributed by atoms with Gasteiger partial charge < -0.3 is 9.53 Å². The van der Waals surface area contributed by atoms with E-state index in [2.05, 4.69) is 42.3 Å². The van der Waals surface area contributed by atoms with Gasteiger partial charge in [0.25, 0.3) is 0 Å². The maximum Gasteiger partial charge on any atom is 0.305 e. The molecule has 0 N–H and O–H groups in total. The van der Waals surface area contributed by atoms with E-state index >= 15 is 0 Å². The third-order valence-electron chi connectivity index (χ3n) is 1.84. The lowest BCUT2D eigenvalue weighted by molar-refractivity contribution is -0.143. The van der Waals surface area contributed by atoms with Crippen LogP contribution in [0.25, 0.3) is 0 Å². The van der Waals surface area contributed by atoms with Gasteiger partial charge in [0, 0.05) is 12.3 Å². The van der Waals surface area contributed by atoms with Gasteiger partial charge in [-0.3, -0.25) is 4.79 Å². The molecule has 0 rings (SSSR count). The van der Waals surface area contributed by atoms with E-state index in [1.807, 2.05) is 0 Å². The predicted octanol–water partition coefficient (Wildman–Crippen LogP) is 6.05. The van der Waals surface area contributed by atoms with Crippen LogP contribution in [0.15, 0.2) is 0 Å². The van der Waals surface area contributed by atoms with Crippen LogP contribution >= 0.6 is 64.8 Å². The molecule has 0 aliphatic heterocycles. The van der Waals surface area contributed by atoms with Gasteiger partial charge in [0.15, 0.2) is 0 Å². The topological polar surface area (TPSA) is 43.4 Å². The molecule has 0 spiro atoms. The molecule has 0 saturated carbocycles. The number of hydrogen-bond acceptors (Lipinski definition) is 9. The van der Waals surface area contributed by atoms with Crippen molar-refractivity contribution in [2.75, 3.05) is 44.1 Å². The Morgan fingerprint density at radius 1 is 0.913 bits per heavy atom. The Kier molecular flexibility index (Phi) is 48.0. The van der Waals surface area contributed by atoms with Crippen LogP contribution in [-0.2, 0) is 14.3 Å². The summed E-state index contributed by atoms with van der Waals surface area (Å²) in [4.78, 5) is 20.8. The Balaban J connectivity index is -0.000000124. The summed E-state index contributed by atoms with van der Waals surface area (Å²) in [5.41, 5.74) is 0. The second kappa shape index (κ2) is 34.6. The highest BCUT2D eigenvalue weighted by Gasteiger charge is 2.05. The molecule has 0 aromatic heterocycles. The molecule has 0 aromatic rings.